The second-order valence-electron chi connectivity index (χ2n) is 8.88. The van der Waals surface area contributed by atoms with E-state index in [2.05, 4.69) is 10.6 Å². The second kappa shape index (κ2) is 10.3. The number of amides is 4. The first kappa shape index (κ1) is 24.4. The highest BCUT2D eigenvalue weighted by molar-refractivity contribution is 6.07. The zero-order chi connectivity index (χ0) is 25.1. The Morgan fingerprint density at radius 1 is 1.03 bits per heavy atom. The molecule has 4 rings (SSSR count). The molecule has 3 unspecified atom stereocenters. The van der Waals surface area contributed by atoms with Gasteiger partial charge in [-0.3, -0.25) is 14.5 Å². The fourth-order valence-corrected chi connectivity index (χ4v) is 5.02. The van der Waals surface area contributed by atoms with Gasteiger partial charge in [0.1, 0.15) is 12.6 Å². The van der Waals surface area contributed by atoms with Gasteiger partial charge in [0.15, 0.2) is 0 Å². The van der Waals surface area contributed by atoms with E-state index in [4.69, 9.17) is 9.47 Å². The Kier molecular flexibility index (Phi) is 7.18. The average molecular weight is 484 g/mol. The van der Waals surface area contributed by atoms with Crippen LogP contribution >= 0.6 is 0 Å². The first-order valence-corrected chi connectivity index (χ1v) is 11.9. The van der Waals surface area contributed by atoms with Gasteiger partial charge < -0.3 is 20.1 Å². The van der Waals surface area contributed by atoms with Gasteiger partial charge in [0.2, 0.25) is 11.8 Å². The lowest BCUT2D eigenvalue weighted by atomic mass is 9.81. The average Bonchev–Trinajstić information content (AvgIpc) is 3.12. The number of carbonyl (C=O) groups excluding carboxylic acids is 5. The number of nitrogens with one attached hydrogen (secondary N) is 2. The largest absolute Gasteiger partial charge is 0.463 e. The molecule has 2 aliphatic heterocycles. The van der Waals surface area contributed by atoms with Crippen LogP contribution in [-0.4, -0.2) is 53.9 Å². The van der Waals surface area contributed by atoms with E-state index in [-0.39, 0.29) is 41.5 Å². The number of hydrogen-bond acceptors (Lipinski definition) is 7. The van der Waals surface area contributed by atoms with Crippen LogP contribution in [0.5, 0.6) is 0 Å². The van der Waals surface area contributed by atoms with E-state index in [0.717, 1.165) is 17.7 Å². The summed E-state index contributed by atoms with van der Waals surface area (Å²) in [5.74, 6) is -2.89. The predicted octanol–water partition coefficient (Wildman–Crippen LogP) is 1.96. The van der Waals surface area contributed by atoms with Gasteiger partial charge in [-0.15, -0.1) is 0 Å². The zero-order valence-electron chi connectivity index (χ0n) is 19.7. The third-order valence-corrected chi connectivity index (χ3v) is 6.74. The normalized spacial score (nSPS) is 24.9. The van der Waals surface area contributed by atoms with E-state index in [1.165, 1.54) is 6.92 Å². The maximum atomic E-state index is 12.9. The van der Waals surface area contributed by atoms with E-state index in [1.54, 1.807) is 37.3 Å². The molecule has 3 aliphatic rings. The molecule has 1 aliphatic carbocycles. The topological polar surface area (TPSA) is 131 Å². The van der Waals surface area contributed by atoms with Crippen molar-refractivity contribution >= 4 is 29.8 Å². The molecule has 1 aromatic carbocycles. The molecule has 2 N–H and O–H groups in total. The third kappa shape index (κ3) is 4.78. The van der Waals surface area contributed by atoms with Crippen molar-refractivity contribution in [2.45, 2.75) is 51.6 Å². The highest BCUT2D eigenvalue weighted by Crippen LogP contribution is 2.39. The highest BCUT2D eigenvalue weighted by atomic mass is 16.5. The fraction of sp³-hybridized carbons (Fsp3) is 0.480. The van der Waals surface area contributed by atoms with Crippen LogP contribution in [0.15, 0.2) is 41.6 Å². The Morgan fingerprint density at radius 2 is 1.66 bits per heavy atom. The van der Waals surface area contributed by atoms with E-state index < -0.39 is 36.7 Å². The first-order chi connectivity index (χ1) is 16.8. The van der Waals surface area contributed by atoms with Gasteiger partial charge in [-0.1, -0.05) is 43.2 Å². The van der Waals surface area contributed by atoms with Crippen LogP contribution in [0.1, 0.15) is 51.1 Å². The monoisotopic (exact) mass is 483 g/mol. The second-order valence-corrected chi connectivity index (χ2v) is 8.88. The number of imide groups is 1. The fourth-order valence-electron chi connectivity index (χ4n) is 5.02. The van der Waals surface area contributed by atoms with Gasteiger partial charge in [0, 0.05) is 0 Å². The summed E-state index contributed by atoms with van der Waals surface area (Å²) in [6, 6.07) is 6.37. The molecule has 10 heteroatoms. The van der Waals surface area contributed by atoms with Crippen LogP contribution in [-0.2, 0) is 28.7 Å². The molecule has 186 valence electrons. The Bertz CT molecular complexity index is 1040. The van der Waals surface area contributed by atoms with E-state index in [1.807, 2.05) is 0 Å². The summed E-state index contributed by atoms with van der Waals surface area (Å²) in [5.41, 5.74) is 0.838. The van der Waals surface area contributed by atoms with Crippen LogP contribution in [0.25, 0.3) is 0 Å². The summed E-state index contributed by atoms with van der Waals surface area (Å²) in [7, 11) is 0. The summed E-state index contributed by atoms with van der Waals surface area (Å²) in [5, 5.41) is 5.23. The maximum absolute atomic E-state index is 12.9. The van der Waals surface area contributed by atoms with Crippen LogP contribution in [0, 0.1) is 11.8 Å². The van der Waals surface area contributed by atoms with Crippen molar-refractivity contribution in [1.82, 2.24) is 15.5 Å². The molecule has 0 spiro atoms. The molecule has 10 nitrogen and oxygen atoms in total. The molecule has 1 saturated heterocycles. The number of urea groups is 1. The SMILES string of the molecule is CCOC(=O)C1=C(COC(=O)[C@H](C)N2C(=O)C3CCCCC3C2=O)NC(=O)NC1c1ccccc1. The molecule has 35 heavy (non-hydrogen) atoms. The molecule has 1 saturated carbocycles. The molecule has 2 fully saturated rings. The Hall–Kier alpha value is -3.69. The van der Waals surface area contributed by atoms with Gasteiger partial charge in [0.25, 0.3) is 0 Å². The summed E-state index contributed by atoms with van der Waals surface area (Å²) in [6.07, 6.45) is 3.05. The van der Waals surface area contributed by atoms with Crippen LogP contribution in [0.3, 0.4) is 0 Å². The summed E-state index contributed by atoms with van der Waals surface area (Å²) >= 11 is 0. The number of nitrogens with zero attached hydrogens (tertiary/aromatic N) is 1. The predicted molar refractivity (Wildman–Crippen MR) is 122 cm³/mol. The highest BCUT2D eigenvalue weighted by Gasteiger charge is 2.51. The molecule has 0 aromatic heterocycles. The van der Waals surface area contributed by atoms with Crippen molar-refractivity contribution in [3.05, 3.63) is 47.2 Å². The van der Waals surface area contributed by atoms with Crippen LogP contribution in [0.2, 0.25) is 0 Å². The van der Waals surface area contributed by atoms with Crippen molar-refractivity contribution in [2.24, 2.45) is 11.8 Å². The molecule has 2 heterocycles. The van der Waals surface area contributed by atoms with Crippen molar-refractivity contribution < 1.29 is 33.4 Å². The maximum Gasteiger partial charge on any atom is 0.338 e. The lowest BCUT2D eigenvalue weighted by molar-refractivity contribution is -0.157. The van der Waals surface area contributed by atoms with E-state index in [9.17, 15) is 24.0 Å². The number of fused-ring (bicyclic) bond motifs is 1. The number of rotatable bonds is 7. The minimum atomic E-state index is -1.12. The standard InChI is InChI=1S/C25H29N3O7/c1-3-34-24(32)19-18(26-25(33)27-20(19)15-9-5-4-6-10-15)13-35-23(31)14(2)28-21(29)16-11-7-8-12-17(16)22(28)30/h4-6,9-10,14,16-17,20H,3,7-8,11-13H2,1-2H3,(H2,26,27,33)/t14-,16?,17?,20?/m0/s1. The lowest BCUT2D eigenvalue weighted by Crippen LogP contribution is -2.48. The number of carbonyl (C=O) groups is 5. The summed E-state index contributed by atoms with van der Waals surface area (Å²) < 4.78 is 10.6. The molecule has 4 amide bonds. The lowest BCUT2D eigenvalue weighted by Gasteiger charge is -2.29. The molecular formula is C25H29N3O7. The van der Waals surface area contributed by atoms with E-state index >= 15 is 0 Å². The smallest absolute Gasteiger partial charge is 0.338 e. The number of esters is 2. The molecule has 4 atom stereocenters. The molecular weight excluding hydrogens is 454 g/mol. The molecule has 1 aromatic rings. The summed E-state index contributed by atoms with van der Waals surface area (Å²) in [6.45, 7) is 2.79. The quantitative estimate of drug-likeness (QED) is 0.448. The van der Waals surface area contributed by atoms with Crippen LogP contribution in [0.4, 0.5) is 4.79 Å². The van der Waals surface area contributed by atoms with Gasteiger partial charge in [-0.25, -0.2) is 14.4 Å². The Balaban J connectivity index is 1.54. The number of hydrogen-bond donors (Lipinski definition) is 2. The van der Waals surface area contributed by atoms with E-state index in [0.29, 0.717) is 18.4 Å². The van der Waals surface area contributed by atoms with Crippen LogP contribution < -0.4 is 10.6 Å². The van der Waals surface area contributed by atoms with Crippen molar-refractivity contribution in [3.63, 3.8) is 0 Å². The minimum absolute atomic E-state index is 0.0781. The number of benzene rings is 1. The van der Waals surface area contributed by atoms with Gasteiger partial charge >= 0.3 is 18.0 Å². The third-order valence-electron chi connectivity index (χ3n) is 6.74. The van der Waals surface area contributed by atoms with Crippen molar-refractivity contribution in [3.8, 4) is 0 Å². The molecule has 0 bridgehead atoms. The summed E-state index contributed by atoms with van der Waals surface area (Å²) in [4.78, 5) is 64.7. The zero-order valence-corrected chi connectivity index (χ0v) is 19.7. The number of ether oxygens (including phenoxy) is 2. The van der Waals surface area contributed by atoms with Crippen molar-refractivity contribution in [2.75, 3.05) is 13.2 Å². The minimum Gasteiger partial charge on any atom is -0.463 e. The molecule has 0 radical (unpaired) electrons. The van der Waals surface area contributed by atoms with Gasteiger partial charge in [-0.2, -0.15) is 0 Å². The van der Waals surface area contributed by atoms with Gasteiger partial charge in [0.05, 0.1) is 35.8 Å². The first-order valence-electron chi connectivity index (χ1n) is 11.9. The number of likely N-dealkylation sites (tertiary alicyclic amines) is 1. The Morgan fingerprint density at radius 3 is 2.26 bits per heavy atom. The Labute approximate surface area is 203 Å². The van der Waals surface area contributed by atoms with Crippen molar-refractivity contribution in [1.29, 1.82) is 0 Å². The van der Waals surface area contributed by atoms with Gasteiger partial charge in [-0.05, 0) is 32.3 Å².